The van der Waals surface area contributed by atoms with E-state index in [2.05, 4.69) is 12.2 Å². The molecule has 1 fully saturated rings. The van der Waals surface area contributed by atoms with Crippen LogP contribution in [0.5, 0.6) is 0 Å². The highest BCUT2D eigenvalue weighted by molar-refractivity contribution is 6.09. The Morgan fingerprint density at radius 2 is 2.04 bits per heavy atom. The molecular weight excluding hydrogens is 302 g/mol. The second kappa shape index (κ2) is 9.45. The van der Waals surface area contributed by atoms with E-state index < -0.39 is 5.97 Å². The van der Waals surface area contributed by atoms with Gasteiger partial charge in [0.2, 0.25) is 0 Å². The number of nitrogens with one attached hydrogen (secondary N) is 1. The van der Waals surface area contributed by atoms with E-state index in [1.807, 2.05) is 18.2 Å². The van der Waals surface area contributed by atoms with Crippen LogP contribution in [0.25, 0.3) is 0 Å². The molecule has 1 aliphatic carbocycles. The van der Waals surface area contributed by atoms with Crippen LogP contribution < -0.4 is 5.32 Å². The lowest BCUT2D eigenvalue weighted by Gasteiger charge is -2.25. The largest absolute Gasteiger partial charge is 0.481 e. The second-order valence-electron chi connectivity index (χ2n) is 7.03. The molecule has 1 amide bonds. The van der Waals surface area contributed by atoms with Gasteiger partial charge in [-0.05, 0) is 36.5 Å². The highest BCUT2D eigenvalue weighted by atomic mass is 16.4. The van der Waals surface area contributed by atoms with Gasteiger partial charge < -0.3 is 10.4 Å². The Labute approximate surface area is 144 Å². The number of amides is 1. The molecule has 2 aliphatic rings. The third-order valence-corrected chi connectivity index (χ3v) is 4.93. The van der Waals surface area contributed by atoms with Crippen LogP contribution in [0, 0.1) is 11.8 Å². The average Bonchev–Trinajstić information content (AvgIpc) is 2.80. The van der Waals surface area contributed by atoms with Crippen molar-refractivity contribution in [3.8, 4) is 0 Å². The zero-order chi connectivity index (χ0) is 17.4. The van der Waals surface area contributed by atoms with Crippen LogP contribution in [0.1, 0.15) is 75.1 Å². The average molecular weight is 331 g/mol. The van der Waals surface area contributed by atoms with Gasteiger partial charge in [-0.25, -0.2) is 0 Å². The van der Waals surface area contributed by atoms with E-state index in [1.165, 1.54) is 32.1 Å². The summed E-state index contributed by atoms with van der Waals surface area (Å²) in [5.41, 5.74) is 1.66. The van der Waals surface area contributed by atoms with Gasteiger partial charge in [0, 0.05) is 17.7 Å². The molecule has 2 N–H and O–H groups in total. The molecule has 0 aromatic heterocycles. The van der Waals surface area contributed by atoms with Gasteiger partial charge in [-0.2, -0.15) is 0 Å². The van der Waals surface area contributed by atoms with Gasteiger partial charge in [-0.1, -0.05) is 57.9 Å². The van der Waals surface area contributed by atoms with Gasteiger partial charge in [-0.3, -0.25) is 9.59 Å². The molecule has 4 nitrogen and oxygen atoms in total. The Morgan fingerprint density at radius 1 is 1.29 bits per heavy atom. The number of carbonyl (C=O) groups excluding carboxylic acids is 1. The van der Waals surface area contributed by atoms with E-state index in [-0.39, 0.29) is 5.91 Å². The van der Waals surface area contributed by atoms with Gasteiger partial charge in [0.1, 0.15) is 0 Å². The Morgan fingerprint density at radius 3 is 2.62 bits per heavy atom. The zero-order valence-corrected chi connectivity index (χ0v) is 14.6. The molecule has 1 aliphatic heterocycles. The smallest absolute Gasteiger partial charge is 0.303 e. The lowest BCUT2D eigenvalue weighted by atomic mass is 9.80. The zero-order valence-electron chi connectivity index (χ0n) is 14.6. The molecule has 1 saturated carbocycles. The van der Waals surface area contributed by atoms with E-state index in [0.29, 0.717) is 12.3 Å². The molecular formula is C20H29NO3. The van der Waals surface area contributed by atoms with E-state index >= 15 is 0 Å². The van der Waals surface area contributed by atoms with Gasteiger partial charge in [-0.15, -0.1) is 0 Å². The van der Waals surface area contributed by atoms with Gasteiger partial charge >= 0.3 is 5.97 Å². The molecule has 1 aromatic carbocycles. The minimum Gasteiger partial charge on any atom is -0.481 e. The SMILES string of the molecule is CCCC(CC(=O)O)CC1CCCCC1.O=C1Nc2cccc1c2. The van der Waals surface area contributed by atoms with E-state index in [9.17, 15) is 9.59 Å². The summed E-state index contributed by atoms with van der Waals surface area (Å²) in [6.45, 7) is 2.15. The topological polar surface area (TPSA) is 66.4 Å². The number of anilines is 1. The van der Waals surface area contributed by atoms with Crippen LogP contribution in [0.3, 0.4) is 0 Å². The summed E-state index contributed by atoms with van der Waals surface area (Å²) in [7, 11) is 0. The van der Waals surface area contributed by atoms with Crippen molar-refractivity contribution in [2.24, 2.45) is 11.8 Å². The fraction of sp³-hybridized carbons (Fsp3) is 0.600. The standard InChI is InChI=1S/C13H24O2.C7H5NO/c1-2-6-12(10-13(14)15)9-11-7-4-3-5-8-11;9-7-5-2-1-3-6(4-5)8-7/h11-12H,2-10H2,1H3,(H,14,15);1-4H,(H,8,9). The predicted octanol–water partition coefficient (Wildman–Crippen LogP) is 5.10. The number of hydrogen-bond acceptors (Lipinski definition) is 2. The number of rotatable bonds is 6. The van der Waals surface area contributed by atoms with Crippen molar-refractivity contribution >= 4 is 17.6 Å². The molecule has 1 aromatic rings. The summed E-state index contributed by atoms with van der Waals surface area (Å²) in [4.78, 5) is 21.5. The number of hydrogen-bond donors (Lipinski definition) is 2. The predicted molar refractivity (Wildman–Crippen MR) is 96.2 cm³/mol. The van der Waals surface area contributed by atoms with Crippen LogP contribution >= 0.6 is 0 Å². The quantitative estimate of drug-likeness (QED) is 0.762. The Kier molecular flexibility index (Phi) is 7.29. The number of aliphatic carboxylic acids is 1. The van der Waals surface area contributed by atoms with Gasteiger partial charge in [0.15, 0.2) is 0 Å². The summed E-state index contributed by atoms with van der Waals surface area (Å²) in [5, 5.41) is 11.5. The number of carboxylic acid groups (broad SMARTS) is 1. The summed E-state index contributed by atoms with van der Waals surface area (Å²) in [6.07, 6.45) is 10.5. The Balaban J connectivity index is 0.000000194. The number of benzene rings is 1. The lowest BCUT2D eigenvalue weighted by Crippen LogP contribution is -2.15. The minimum absolute atomic E-state index is 0.00926. The molecule has 1 unspecified atom stereocenters. The van der Waals surface area contributed by atoms with Crippen molar-refractivity contribution in [3.05, 3.63) is 29.8 Å². The van der Waals surface area contributed by atoms with Crippen LogP contribution in [0.2, 0.25) is 0 Å². The first kappa shape index (κ1) is 18.5. The summed E-state index contributed by atoms with van der Waals surface area (Å²) in [5.74, 6) is 0.629. The molecule has 1 heterocycles. The first-order valence-electron chi connectivity index (χ1n) is 9.21. The summed E-state index contributed by atoms with van der Waals surface area (Å²) >= 11 is 0. The number of carboxylic acids is 1. The Hall–Kier alpha value is -1.84. The molecule has 0 saturated heterocycles. The maximum atomic E-state index is 10.8. The summed E-state index contributed by atoms with van der Waals surface area (Å²) in [6, 6.07) is 7.37. The first-order chi connectivity index (χ1) is 11.6. The number of fused-ring (bicyclic) bond motifs is 2. The van der Waals surface area contributed by atoms with Crippen molar-refractivity contribution in [1.82, 2.24) is 0 Å². The highest BCUT2D eigenvalue weighted by Crippen LogP contribution is 2.31. The monoisotopic (exact) mass is 331 g/mol. The van der Waals surface area contributed by atoms with Crippen molar-refractivity contribution in [3.63, 3.8) is 0 Å². The van der Waals surface area contributed by atoms with Gasteiger partial charge in [0.05, 0.1) is 0 Å². The maximum absolute atomic E-state index is 10.8. The molecule has 132 valence electrons. The van der Waals surface area contributed by atoms with Crippen LogP contribution in [0.15, 0.2) is 24.3 Å². The van der Waals surface area contributed by atoms with Crippen LogP contribution in [0.4, 0.5) is 5.69 Å². The number of carbonyl (C=O) groups is 2. The highest BCUT2D eigenvalue weighted by Gasteiger charge is 2.20. The van der Waals surface area contributed by atoms with E-state index in [1.54, 1.807) is 6.07 Å². The van der Waals surface area contributed by atoms with Crippen LogP contribution in [-0.2, 0) is 4.79 Å². The van der Waals surface area contributed by atoms with Crippen molar-refractivity contribution in [2.45, 2.75) is 64.7 Å². The third-order valence-electron chi connectivity index (χ3n) is 4.93. The normalized spacial score (nSPS) is 17.6. The van der Waals surface area contributed by atoms with E-state index in [0.717, 1.165) is 36.4 Å². The first-order valence-corrected chi connectivity index (χ1v) is 9.21. The third kappa shape index (κ3) is 5.99. The van der Waals surface area contributed by atoms with Crippen molar-refractivity contribution < 1.29 is 14.7 Å². The van der Waals surface area contributed by atoms with Crippen molar-refractivity contribution in [1.29, 1.82) is 0 Å². The van der Waals surface area contributed by atoms with E-state index in [4.69, 9.17) is 5.11 Å². The second-order valence-corrected chi connectivity index (χ2v) is 7.03. The van der Waals surface area contributed by atoms with Crippen LogP contribution in [-0.4, -0.2) is 17.0 Å². The summed E-state index contributed by atoms with van der Waals surface area (Å²) < 4.78 is 0. The van der Waals surface area contributed by atoms with Crippen molar-refractivity contribution in [2.75, 3.05) is 5.32 Å². The molecule has 0 radical (unpaired) electrons. The molecule has 3 rings (SSSR count). The molecule has 24 heavy (non-hydrogen) atoms. The fourth-order valence-electron chi connectivity index (χ4n) is 3.79. The minimum atomic E-state index is -0.621. The lowest BCUT2D eigenvalue weighted by molar-refractivity contribution is -0.138. The molecule has 2 bridgehead atoms. The van der Waals surface area contributed by atoms with Gasteiger partial charge in [0.25, 0.3) is 5.91 Å². The maximum Gasteiger partial charge on any atom is 0.303 e. The molecule has 0 spiro atoms. The fourth-order valence-corrected chi connectivity index (χ4v) is 3.79. The molecule has 1 atom stereocenters. The molecule has 4 heteroatoms. The Bertz CT molecular complexity index is 550.